The molecule has 0 aromatic heterocycles. The molecule has 1 rings (SSSR count). The van der Waals surface area contributed by atoms with Crippen molar-refractivity contribution in [2.45, 2.75) is 13.8 Å². The van der Waals surface area contributed by atoms with Gasteiger partial charge in [-0.2, -0.15) is 0 Å². The molecule has 2 amide bonds. The number of aromatic carboxylic acids is 1. The molecule has 110 valence electrons. The highest BCUT2D eigenvalue weighted by Gasteiger charge is 2.15. The fraction of sp³-hybridized carbons (Fsp3) is 0.385. The van der Waals surface area contributed by atoms with Crippen molar-refractivity contribution in [3.8, 4) is 0 Å². The van der Waals surface area contributed by atoms with Gasteiger partial charge < -0.3 is 15.7 Å². The number of anilines is 1. The molecule has 1 aromatic rings. The van der Waals surface area contributed by atoms with Crippen molar-refractivity contribution < 1.29 is 18.9 Å². The Morgan fingerprint density at radius 1 is 1.30 bits per heavy atom. The first-order chi connectivity index (χ1) is 9.31. The fourth-order valence-electron chi connectivity index (χ4n) is 1.77. The third-order valence-electron chi connectivity index (χ3n) is 2.62. The van der Waals surface area contributed by atoms with Crippen LogP contribution >= 0.6 is 0 Å². The summed E-state index contributed by atoms with van der Waals surface area (Å²) < 4.78 is 10.9. The summed E-state index contributed by atoms with van der Waals surface area (Å²) in [7, 11) is -0.984. The molecule has 0 fully saturated rings. The number of hydrogen-bond acceptors (Lipinski definition) is 3. The first-order valence-electron chi connectivity index (χ1n) is 6.00. The predicted molar refractivity (Wildman–Crippen MR) is 78.8 cm³/mol. The number of benzene rings is 1. The van der Waals surface area contributed by atoms with Crippen LogP contribution in [-0.2, 0) is 10.8 Å². The van der Waals surface area contributed by atoms with Crippen molar-refractivity contribution in [1.29, 1.82) is 0 Å². The summed E-state index contributed by atoms with van der Waals surface area (Å²) in [4.78, 5) is 22.9. The van der Waals surface area contributed by atoms with E-state index in [2.05, 4.69) is 10.6 Å². The van der Waals surface area contributed by atoms with Crippen molar-refractivity contribution in [2.24, 2.45) is 0 Å². The van der Waals surface area contributed by atoms with Gasteiger partial charge in [0.15, 0.2) is 0 Å². The Morgan fingerprint density at radius 3 is 2.50 bits per heavy atom. The number of hydrogen-bond donors (Lipinski definition) is 3. The number of carbonyl (C=O) groups excluding carboxylic acids is 1. The number of carboxylic acid groups (broad SMARTS) is 1. The minimum Gasteiger partial charge on any atom is -0.478 e. The normalized spacial score (nSPS) is 11.8. The second-order valence-electron chi connectivity index (χ2n) is 4.47. The van der Waals surface area contributed by atoms with E-state index in [-0.39, 0.29) is 17.8 Å². The summed E-state index contributed by atoms with van der Waals surface area (Å²) in [5, 5.41) is 14.2. The van der Waals surface area contributed by atoms with Gasteiger partial charge in [0.05, 0.1) is 11.3 Å². The van der Waals surface area contributed by atoms with Crippen LogP contribution in [0.25, 0.3) is 0 Å². The molecule has 3 N–H and O–H groups in total. The van der Waals surface area contributed by atoms with Gasteiger partial charge in [0, 0.05) is 29.4 Å². The zero-order valence-corrected chi connectivity index (χ0v) is 12.5. The van der Waals surface area contributed by atoms with Gasteiger partial charge in [-0.05, 0) is 31.0 Å². The Bertz CT molecular complexity index is 558. The third-order valence-corrected chi connectivity index (χ3v) is 3.40. The summed E-state index contributed by atoms with van der Waals surface area (Å²) in [6.45, 7) is 3.79. The van der Waals surface area contributed by atoms with Gasteiger partial charge >= 0.3 is 12.0 Å². The van der Waals surface area contributed by atoms with Crippen LogP contribution in [0.2, 0.25) is 0 Å². The number of carbonyl (C=O) groups is 2. The third kappa shape index (κ3) is 4.65. The van der Waals surface area contributed by atoms with Crippen LogP contribution in [-0.4, -0.2) is 39.9 Å². The summed E-state index contributed by atoms with van der Waals surface area (Å²) in [5.41, 5.74) is 1.82. The lowest BCUT2D eigenvalue weighted by Crippen LogP contribution is -2.32. The molecule has 0 saturated carbocycles. The Balaban J connectivity index is 2.83. The molecular weight excluding hydrogens is 280 g/mol. The van der Waals surface area contributed by atoms with Crippen molar-refractivity contribution >= 4 is 28.5 Å². The molecule has 0 aliphatic rings. The van der Waals surface area contributed by atoms with Crippen LogP contribution in [0, 0.1) is 13.8 Å². The highest BCUT2D eigenvalue weighted by molar-refractivity contribution is 7.84. The summed E-state index contributed by atoms with van der Waals surface area (Å²) in [6.07, 6.45) is 1.55. The molecule has 0 heterocycles. The Morgan fingerprint density at radius 2 is 1.95 bits per heavy atom. The SMILES string of the molecule is Cc1cc(C)c(NC(=O)NCCS(C)=O)c(C(=O)O)c1. The van der Waals surface area contributed by atoms with Crippen molar-refractivity contribution in [1.82, 2.24) is 5.32 Å². The predicted octanol–water partition coefficient (Wildman–Crippen LogP) is 1.50. The van der Waals surface area contributed by atoms with Crippen LogP contribution in [0.4, 0.5) is 10.5 Å². The van der Waals surface area contributed by atoms with E-state index >= 15 is 0 Å². The first-order valence-corrected chi connectivity index (χ1v) is 7.73. The van der Waals surface area contributed by atoms with Gasteiger partial charge in [0.2, 0.25) is 0 Å². The maximum Gasteiger partial charge on any atom is 0.337 e. The van der Waals surface area contributed by atoms with Crippen LogP contribution < -0.4 is 10.6 Å². The van der Waals surface area contributed by atoms with Crippen LogP contribution in [0.3, 0.4) is 0 Å². The van der Waals surface area contributed by atoms with Gasteiger partial charge in [-0.1, -0.05) is 6.07 Å². The second-order valence-corrected chi connectivity index (χ2v) is 6.02. The average molecular weight is 298 g/mol. The van der Waals surface area contributed by atoms with E-state index in [0.29, 0.717) is 11.3 Å². The summed E-state index contributed by atoms with van der Waals surface area (Å²) in [5.74, 6) is -0.742. The molecule has 0 saturated heterocycles. The van der Waals surface area contributed by atoms with E-state index in [4.69, 9.17) is 5.11 Å². The van der Waals surface area contributed by atoms with Crippen LogP contribution in [0.5, 0.6) is 0 Å². The maximum atomic E-state index is 11.7. The number of aryl methyl sites for hydroxylation is 2. The minimum absolute atomic E-state index is 0.0525. The Kier molecular flexibility index (Phi) is 5.69. The van der Waals surface area contributed by atoms with E-state index in [1.54, 1.807) is 26.2 Å². The van der Waals surface area contributed by atoms with Crippen molar-refractivity contribution in [2.75, 3.05) is 23.9 Å². The average Bonchev–Trinajstić information content (AvgIpc) is 2.31. The van der Waals surface area contributed by atoms with E-state index in [1.807, 2.05) is 0 Å². The van der Waals surface area contributed by atoms with Crippen LogP contribution in [0.15, 0.2) is 12.1 Å². The van der Waals surface area contributed by atoms with E-state index < -0.39 is 22.8 Å². The molecule has 1 aromatic carbocycles. The zero-order chi connectivity index (χ0) is 15.3. The topological polar surface area (TPSA) is 95.5 Å². The lowest BCUT2D eigenvalue weighted by Gasteiger charge is -2.13. The van der Waals surface area contributed by atoms with Gasteiger partial charge in [0.25, 0.3) is 0 Å². The van der Waals surface area contributed by atoms with Gasteiger partial charge in [0.1, 0.15) is 0 Å². The molecule has 1 atom stereocenters. The Hall–Kier alpha value is -1.89. The van der Waals surface area contributed by atoms with E-state index in [9.17, 15) is 13.8 Å². The molecule has 0 aliphatic heterocycles. The quantitative estimate of drug-likeness (QED) is 0.767. The number of nitrogens with one attached hydrogen (secondary N) is 2. The summed E-state index contributed by atoms with van der Waals surface area (Å²) >= 11 is 0. The smallest absolute Gasteiger partial charge is 0.337 e. The minimum atomic E-state index is -1.10. The lowest BCUT2D eigenvalue weighted by molar-refractivity contribution is 0.0698. The molecular formula is C13H18N2O4S. The van der Waals surface area contributed by atoms with Gasteiger partial charge in [-0.15, -0.1) is 0 Å². The van der Waals surface area contributed by atoms with Crippen LogP contribution in [0.1, 0.15) is 21.5 Å². The number of urea groups is 1. The van der Waals surface area contributed by atoms with Gasteiger partial charge in [-0.3, -0.25) is 4.21 Å². The molecule has 20 heavy (non-hydrogen) atoms. The highest BCUT2D eigenvalue weighted by atomic mass is 32.2. The van der Waals surface area contributed by atoms with E-state index in [1.165, 1.54) is 6.07 Å². The number of carboxylic acids is 1. The molecule has 1 unspecified atom stereocenters. The summed E-state index contributed by atoms with van der Waals surface area (Å²) in [6, 6.07) is 2.79. The standard InChI is InChI=1S/C13H18N2O4S/c1-8-6-9(2)11(10(7-8)12(16)17)15-13(18)14-4-5-20(3)19/h6-7H,4-5H2,1-3H3,(H,16,17)(H2,14,15,18). The van der Waals surface area contributed by atoms with Crippen molar-refractivity contribution in [3.05, 3.63) is 28.8 Å². The maximum absolute atomic E-state index is 11.7. The highest BCUT2D eigenvalue weighted by Crippen LogP contribution is 2.22. The lowest BCUT2D eigenvalue weighted by atomic mass is 10.0. The molecule has 0 spiro atoms. The van der Waals surface area contributed by atoms with Crippen molar-refractivity contribution in [3.63, 3.8) is 0 Å². The monoisotopic (exact) mass is 298 g/mol. The molecule has 6 nitrogen and oxygen atoms in total. The zero-order valence-electron chi connectivity index (χ0n) is 11.6. The molecule has 7 heteroatoms. The molecule has 0 bridgehead atoms. The number of amides is 2. The second kappa shape index (κ2) is 7.04. The molecule has 0 radical (unpaired) electrons. The number of rotatable bonds is 5. The molecule has 0 aliphatic carbocycles. The van der Waals surface area contributed by atoms with E-state index in [0.717, 1.165) is 5.56 Å². The first kappa shape index (κ1) is 16.2. The largest absolute Gasteiger partial charge is 0.478 e. The van der Waals surface area contributed by atoms with Gasteiger partial charge in [-0.25, -0.2) is 9.59 Å². The fourth-order valence-corrected chi connectivity index (χ4v) is 2.16. The Labute approximate surface area is 120 Å².